The molecule has 1 aliphatic rings. The van der Waals surface area contributed by atoms with E-state index in [0.29, 0.717) is 34.7 Å². The molecule has 0 spiro atoms. The number of thiophene rings is 1. The Hall–Kier alpha value is -2.91. The molecule has 1 aliphatic heterocycles. The van der Waals surface area contributed by atoms with Gasteiger partial charge in [-0.15, -0.1) is 0 Å². The van der Waals surface area contributed by atoms with Gasteiger partial charge in [-0.05, 0) is 43.2 Å². The van der Waals surface area contributed by atoms with Crippen molar-refractivity contribution >= 4 is 51.5 Å². The van der Waals surface area contributed by atoms with Gasteiger partial charge in [-0.3, -0.25) is 9.59 Å². The summed E-state index contributed by atoms with van der Waals surface area (Å²) in [4.78, 5) is 37.9. The minimum Gasteiger partial charge on any atom is -0.474 e. The summed E-state index contributed by atoms with van der Waals surface area (Å²) in [6, 6.07) is 8.51. The van der Waals surface area contributed by atoms with Crippen LogP contribution >= 0.6 is 22.9 Å². The Morgan fingerprint density at radius 1 is 1.31 bits per heavy atom. The molecule has 0 aliphatic carbocycles. The van der Waals surface area contributed by atoms with Gasteiger partial charge in [0.15, 0.2) is 11.7 Å². The molecule has 2 atom stereocenters. The maximum Gasteiger partial charge on any atom is 0.261 e. The topological polar surface area (TPSA) is 102 Å². The number of carbonyl (C=O) groups excluding carboxylic acids is 2. The van der Waals surface area contributed by atoms with E-state index < -0.39 is 6.04 Å². The van der Waals surface area contributed by atoms with Crippen LogP contribution in [0.15, 0.2) is 36.7 Å². The molecule has 168 valence electrons. The van der Waals surface area contributed by atoms with Crippen molar-refractivity contribution in [3.05, 3.63) is 46.6 Å². The first-order valence-electron chi connectivity index (χ1n) is 10.3. The molecule has 3 aromatic rings. The van der Waals surface area contributed by atoms with Crippen LogP contribution in [0.3, 0.4) is 0 Å². The van der Waals surface area contributed by atoms with E-state index in [2.05, 4.69) is 9.97 Å². The SMILES string of the molecule is CC[C@H]1C(=O)N(Cc2ccc3c(N)ncnc3c2)C(C)CN1C(=O)COc1ccc(Cl)s1. The van der Waals surface area contributed by atoms with Crippen molar-refractivity contribution in [3.8, 4) is 5.06 Å². The third kappa shape index (κ3) is 4.49. The lowest BCUT2D eigenvalue weighted by molar-refractivity contribution is -0.156. The fourth-order valence-corrected chi connectivity index (χ4v) is 4.84. The molecule has 0 bridgehead atoms. The molecule has 2 aromatic heterocycles. The van der Waals surface area contributed by atoms with E-state index in [1.54, 1.807) is 17.0 Å². The lowest BCUT2D eigenvalue weighted by Gasteiger charge is -2.44. The highest BCUT2D eigenvalue weighted by Crippen LogP contribution is 2.29. The highest BCUT2D eigenvalue weighted by molar-refractivity contribution is 7.17. The summed E-state index contributed by atoms with van der Waals surface area (Å²) in [6.07, 6.45) is 1.96. The molecular weight excluding hydrogens is 450 g/mol. The van der Waals surface area contributed by atoms with Crippen molar-refractivity contribution in [3.63, 3.8) is 0 Å². The van der Waals surface area contributed by atoms with Crippen LogP contribution in [-0.2, 0) is 16.1 Å². The molecule has 0 radical (unpaired) electrons. The molecule has 32 heavy (non-hydrogen) atoms. The van der Waals surface area contributed by atoms with Crippen molar-refractivity contribution in [2.45, 2.75) is 38.9 Å². The smallest absolute Gasteiger partial charge is 0.261 e. The molecule has 10 heteroatoms. The van der Waals surface area contributed by atoms with E-state index in [-0.39, 0.29) is 24.5 Å². The van der Waals surface area contributed by atoms with Gasteiger partial charge in [0, 0.05) is 24.5 Å². The summed E-state index contributed by atoms with van der Waals surface area (Å²) < 4.78 is 6.17. The van der Waals surface area contributed by atoms with E-state index in [1.165, 1.54) is 17.7 Å². The molecule has 1 unspecified atom stereocenters. The maximum atomic E-state index is 13.3. The normalized spacial score (nSPS) is 18.9. The van der Waals surface area contributed by atoms with Gasteiger partial charge in [-0.1, -0.05) is 35.9 Å². The lowest BCUT2D eigenvalue weighted by atomic mass is 10.0. The average molecular weight is 474 g/mol. The predicted molar refractivity (Wildman–Crippen MR) is 125 cm³/mol. The molecule has 2 amide bonds. The van der Waals surface area contributed by atoms with Crippen LogP contribution < -0.4 is 10.5 Å². The Morgan fingerprint density at radius 2 is 2.12 bits per heavy atom. The van der Waals surface area contributed by atoms with Crippen LogP contribution in [0.2, 0.25) is 4.34 Å². The standard InChI is InChI=1S/C22H24ClN5O3S/c1-3-17-22(30)27(10-14-4-5-15-16(8-14)25-12-26-21(15)24)13(2)9-28(17)19(29)11-31-20-7-6-18(23)32-20/h4-8,12-13,17H,3,9-11H2,1-2H3,(H2,24,25,26)/t13?,17-/m0/s1. The third-order valence-electron chi connectivity index (χ3n) is 5.62. The number of fused-ring (bicyclic) bond motifs is 1. The fraction of sp³-hybridized carbons (Fsp3) is 0.364. The number of halogens is 1. The van der Waals surface area contributed by atoms with Gasteiger partial charge in [-0.2, -0.15) is 0 Å². The number of piperazine rings is 1. The number of nitrogen functional groups attached to an aromatic ring is 1. The fourth-order valence-electron chi connectivity index (χ4n) is 3.97. The Bertz CT molecular complexity index is 1150. The zero-order valence-electron chi connectivity index (χ0n) is 17.8. The summed E-state index contributed by atoms with van der Waals surface area (Å²) in [5.74, 6) is 0.149. The van der Waals surface area contributed by atoms with E-state index in [4.69, 9.17) is 22.1 Å². The van der Waals surface area contributed by atoms with Crippen molar-refractivity contribution < 1.29 is 14.3 Å². The van der Waals surface area contributed by atoms with Crippen LogP contribution in [0.5, 0.6) is 5.06 Å². The van der Waals surface area contributed by atoms with Crippen molar-refractivity contribution in [2.24, 2.45) is 0 Å². The molecule has 2 N–H and O–H groups in total. The van der Waals surface area contributed by atoms with Crippen LogP contribution in [0.25, 0.3) is 10.9 Å². The van der Waals surface area contributed by atoms with Gasteiger partial charge in [-0.25, -0.2) is 9.97 Å². The van der Waals surface area contributed by atoms with E-state index in [1.807, 2.05) is 36.9 Å². The highest BCUT2D eigenvalue weighted by atomic mass is 35.5. The number of anilines is 1. The summed E-state index contributed by atoms with van der Waals surface area (Å²) in [5.41, 5.74) is 7.59. The minimum absolute atomic E-state index is 0.0685. The number of ether oxygens (including phenoxy) is 1. The summed E-state index contributed by atoms with van der Waals surface area (Å²) in [7, 11) is 0. The number of nitrogens with zero attached hydrogens (tertiary/aromatic N) is 4. The van der Waals surface area contributed by atoms with Crippen LogP contribution in [0, 0.1) is 0 Å². The summed E-state index contributed by atoms with van der Waals surface area (Å²) in [5, 5.41) is 1.36. The zero-order valence-corrected chi connectivity index (χ0v) is 19.4. The zero-order chi connectivity index (χ0) is 22.8. The van der Waals surface area contributed by atoms with Crippen LogP contribution in [-0.4, -0.2) is 56.8 Å². The van der Waals surface area contributed by atoms with E-state index in [9.17, 15) is 9.59 Å². The third-order valence-corrected chi connectivity index (χ3v) is 6.76. The van der Waals surface area contributed by atoms with Gasteiger partial charge < -0.3 is 20.3 Å². The second kappa shape index (κ2) is 9.30. The molecule has 1 fully saturated rings. The van der Waals surface area contributed by atoms with Crippen molar-refractivity contribution in [2.75, 3.05) is 18.9 Å². The molecule has 8 nitrogen and oxygen atoms in total. The van der Waals surface area contributed by atoms with Crippen LogP contribution in [0.4, 0.5) is 5.82 Å². The van der Waals surface area contributed by atoms with Gasteiger partial charge >= 0.3 is 0 Å². The number of hydrogen-bond acceptors (Lipinski definition) is 7. The Labute approximate surface area is 194 Å². The summed E-state index contributed by atoms with van der Waals surface area (Å²) >= 11 is 7.18. The number of amides is 2. The van der Waals surface area contributed by atoms with Crippen molar-refractivity contribution in [1.82, 2.24) is 19.8 Å². The van der Waals surface area contributed by atoms with E-state index >= 15 is 0 Å². The molecule has 3 heterocycles. The maximum absolute atomic E-state index is 13.3. The number of aromatic nitrogens is 2. The van der Waals surface area contributed by atoms with Gasteiger partial charge in [0.1, 0.15) is 18.2 Å². The van der Waals surface area contributed by atoms with Crippen LogP contribution in [0.1, 0.15) is 25.8 Å². The number of nitrogens with two attached hydrogens (primary N) is 1. The monoisotopic (exact) mass is 473 g/mol. The predicted octanol–water partition coefficient (Wildman–Crippen LogP) is 3.34. The molecule has 4 rings (SSSR count). The number of rotatable bonds is 6. The molecule has 0 saturated carbocycles. The first-order chi connectivity index (χ1) is 15.4. The second-order valence-electron chi connectivity index (χ2n) is 7.74. The van der Waals surface area contributed by atoms with Gasteiger partial charge in [0.2, 0.25) is 5.91 Å². The Balaban J connectivity index is 1.47. The average Bonchev–Trinajstić information content (AvgIpc) is 3.20. The number of hydrogen-bond donors (Lipinski definition) is 1. The number of benzene rings is 1. The second-order valence-corrected chi connectivity index (χ2v) is 9.42. The van der Waals surface area contributed by atoms with Gasteiger partial charge in [0.05, 0.1) is 9.85 Å². The molecular formula is C22H24ClN5O3S. The van der Waals surface area contributed by atoms with Gasteiger partial charge in [0.25, 0.3) is 5.91 Å². The van der Waals surface area contributed by atoms with E-state index in [0.717, 1.165) is 16.5 Å². The summed E-state index contributed by atoms with van der Waals surface area (Å²) in [6.45, 7) is 4.61. The lowest BCUT2D eigenvalue weighted by Crippen LogP contribution is -2.62. The largest absolute Gasteiger partial charge is 0.474 e. The quantitative estimate of drug-likeness (QED) is 0.589. The first-order valence-corrected chi connectivity index (χ1v) is 11.5. The molecule has 1 saturated heterocycles. The molecule has 1 aromatic carbocycles. The highest BCUT2D eigenvalue weighted by Gasteiger charge is 2.39. The minimum atomic E-state index is -0.521. The number of carbonyl (C=O) groups is 2. The van der Waals surface area contributed by atoms with Crippen molar-refractivity contribution in [1.29, 1.82) is 0 Å². The first kappa shape index (κ1) is 22.3. The Morgan fingerprint density at radius 3 is 2.84 bits per heavy atom. The Kier molecular flexibility index (Phi) is 6.48.